The van der Waals surface area contributed by atoms with E-state index in [2.05, 4.69) is 30.3 Å². The molecule has 1 fully saturated rings. The number of carbonyl (C=O) groups is 2. The maximum atomic E-state index is 13.5. The lowest BCUT2D eigenvalue weighted by atomic mass is 10.0. The van der Waals surface area contributed by atoms with Gasteiger partial charge in [-0.3, -0.25) is 14.6 Å². The molecule has 1 saturated heterocycles. The van der Waals surface area contributed by atoms with Crippen molar-refractivity contribution in [3.8, 4) is 11.1 Å². The highest BCUT2D eigenvalue weighted by atomic mass is 19.1. The van der Waals surface area contributed by atoms with E-state index in [-0.39, 0.29) is 22.9 Å². The van der Waals surface area contributed by atoms with Gasteiger partial charge in [0.15, 0.2) is 17.3 Å². The van der Waals surface area contributed by atoms with Crippen LogP contribution in [0.1, 0.15) is 26.5 Å². The third kappa shape index (κ3) is 4.33. The summed E-state index contributed by atoms with van der Waals surface area (Å²) in [6.45, 7) is 4.78. The molecule has 4 aromatic rings. The van der Waals surface area contributed by atoms with E-state index >= 15 is 0 Å². The van der Waals surface area contributed by atoms with Crippen molar-refractivity contribution in [1.82, 2.24) is 34.4 Å². The minimum Gasteiger partial charge on any atom is -0.381 e. The summed E-state index contributed by atoms with van der Waals surface area (Å²) in [4.78, 5) is 42.7. The molecule has 0 unspecified atom stereocenters. The van der Waals surface area contributed by atoms with Gasteiger partial charge >= 0.3 is 0 Å². The topological polar surface area (TPSA) is 135 Å². The predicted octanol–water partition coefficient (Wildman–Crippen LogP) is 1.86. The third-order valence-electron chi connectivity index (χ3n) is 6.15. The van der Waals surface area contributed by atoms with Gasteiger partial charge in [-0.05, 0) is 26.1 Å². The van der Waals surface area contributed by atoms with Gasteiger partial charge < -0.3 is 20.9 Å². The summed E-state index contributed by atoms with van der Waals surface area (Å²) in [7, 11) is 2.03. The highest BCUT2D eigenvalue weighted by Gasteiger charge is 2.24. The first kappa shape index (κ1) is 23.3. The number of aryl methyl sites for hydroxylation is 1. The number of hydrogen-bond acceptors (Lipinski definition) is 8. The standard InChI is InChI=1S/C24H24FN9O2/c1-14-16(3-4-18(29-14)24(36)33-9-7-32(2)8-10-33)17-5-6-27-12-19(17)30-23(35)20-21(26)31-34-13-15(25)11-28-22(20)34/h3-6,11-13H,7-10H2,1-2H3,(H2,26,31)(H,30,35). The number of aromatic nitrogens is 5. The molecule has 1 aliphatic heterocycles. The second kappa shape index (κ2) is 9.30. The van der Waals surface area contributed by atoms with Crippen molar-refractivity contribution in [2.24, 2.45) is 0 Å². The monoisotopic (exact) mass is 489 g/mol. The van der Waals surface area contributed by atoms with E-state index in [0.29, 0.717) is 35.7 Å². The van der Waals surface area contributed by atoms with E-state index in [4.69, 9.17) is 5.73 Å². The van der Waals surface area contributed by atoms with Crippen molar-refractivity contribution in [1.29, 1.82) is 0 Å². The number of halogens is 1. The molecule has 0 saturated carbocycles. The minimum atomic E-state index is -0.607. The van der Waals surface area contributed by atoms with Crippen LogP contribution >= 0.6 is 0 Å². The third-order valence-corrected chi connectivity index (χ3v) is 6.15. The summed E-state index contributed by atoms with van der Waals surface area (Å²) in [5.74, 6) is -1.36. The van der Waals surface area contributed by atoms with E-state index in [1.165, 1.54) is 6.20 Å². The number of nitrogen functional groups attached to an aromatic ring is 1. The van der Waals surface area contributed by atoms with Gasteiger partial charge in [0.2, 0.25) is 0 Å². The predicted molar refractivity (Wildman–Crippen MR) is 131 cm³/mol. The van der Waals surface area contributed by atoms with Gasteiger partial charge in [-0.2, -0.15) is 0 Å². The van der Waals surface area contributed by atoms with Crippen LogP contribution in [-0.2, 0) is 0 Å². The first-order valence-corrected chi connectivity index (χ1v) is 11.3. The zero-order valence-electron chi connectivity index (χ0n) is 19.8. The Balaban J connectivity index is 1.42. The van der Waals surface area contributed by atoms with Crippen LogP contribution in [0.2, 0.25) is 0 Å². The fourth-order valence-electron chi connectivity index (χ4n) is 4.20. The Hall–Kier alpha value is -4.45. The molecule has 0 bridgehead atoms. The molecule has 2 amide bonds. The SMILES string of the molecule is Cc1nc(C(=O)N2CCN(C)CC2)ccc1-c1ccncc1NC(=O)c1c(N)nn2cc(F)cnc12. The summed E-state index contributed by atoms with van der Waals surface area (Å²) in [5, 5.41) is 6.77. The molecule has 0 aliphatic carbocycles. The Kier molecular flexibility index (Phi) is 6.02. The van der Waals surface area contributed by atoms with Crippen LogP contribution < -0.4 is 11.1 Å². The van der Waals surface area contributed by atoms with E-state index in [1.54, 1.807) is 23.2 Å². The molecule has 11 nitrogen and oxygen atoms in total. The van der Waals surface area contributed by atoms with E-state index in [0.717, 1.165) is 35.6 Å². The minimum absolute atomic E-state index is 0.0211. The summed E-state index contributed by atoms with van der Waals surface area (Å²) in [6.07, 6.45) is 5.18. The Morgan fingerprint density at radius 1 is 1.08 bits per heavy atom. The van der Waals surface area contributed by atoms with Gasteiger partial charge in [-0.15, -0.1) is 5.10 Å². The molecule has 12 heteroatoms. The van der Waals surface area contributed by atoms with Gasteiger partial charge in [0.05, 0.1) is 24.3 Å². The number of nitrogens with one attached hydrogen (secondary N) is 1. The number of nitrogens with two attached hydrogens (primary N) is 1. The molecule has 5 heterocycles. The maximum Gasteiger partial charge on any atom is 0.272 e. The number of likely N-dealkylation sites (N-methyl/N-ethyl adjacent to an activating group) is 1. The zero-order valence-corrected chi connectivity index (χ0v) is 19.8. The fraction of sp³-hybridized carbons (Fsp3) is 0.250. The Morgan fingerprint density at radius 3 is 2.61 bits per heavy atom. The summed E-state index contributed by atoms with van der Waals surface area (Å²) < 4.78 is 14.6. The molecule has 36 heavy (non-hydrogen) atoms. The van der Waals surface area contributed by atoms with Crippen LogP contribution in [0.3, 0.4) is 0 Å². The molecule has 5 rings (SSSR count). The molecule has 3 N–H and O–H groups in total. The number of amides is 2. The number of hydrogen-bond donors (Lipinski definition) is 2. The van der Waals surface area contributed by atoms with Crippen LogP contribution in [-0.4, -0.2) is 79.4 Å². The lowest BCUT2D eigenvalue weighted by Gasteiger charge is -2.32. The number of pyridine rings is 2. The van der Waals surface area contributed by atoms with E-state index in [9.17, 15) is 14.0 Å². The molecule has 4 aromatic heterocycles. The molecular weight excluding hydrogens is 465 g/mol. The lowest BCUT2D eigenvalue weighted by Crippen LogP contribution is -2.47. The molecule has 0 radical (unpaired) electrons. The van der Waals surface area contributed by atoms with Crippen molar-refractivity contribution in [3.05, 3.63) is 65.8 Å². The van der Waals surface area contributed by atoms with Crippen LogP contribution in [0.4, 0.5) is 15.9 Å². The second-order valence-electron chi connectivity index (χ2n) is 8.60. The molecular formula is C24H24FN9O2. The molecule has 184 valence electrons. The first-order valence-electron chi connectivity index (χ1n) is 11.3. The highest BCUT2D eigenvalue weighted by molar-refractivity contribution is 6.12. The van der Waals surface area contributed by atoms with E-state index in [1.807, 2.05) is 20.0 Å². The van der Waals surface area contributed by atoms with Crippen LogP contribution in [0.25, 0.3) is 16.8 Å². The van der Waals surface area contributed by atoms with Crippen molar-refractivity contribution in [2.45, 2.75) is 6.92 Å². The van der Waals surface area contributed by atoms with Crippen molar-refractivity contribution in [2.75, 3.05) is 44.3 Å². The van der Waals surface area contributed by atoms with Crippen molar-refractivity contribution >= 4 is 29.0 Å². The number of fused-ring (bicyclic) bond motifs is 1. The summed E-state index contributed by atoms with van der Waals surface area (Å²) in [5.41, 5.74) is 8.88. The molecule has 1 aliphatic rings. The van der Waals surface area contributed by atoms with Crippen LogP contribution in [0.15, 0.2) is 43.0 Å². The second-order valence-corrected chi connectivity index (χ2v) is 8.60. The van der Waals surface area contributed by atoms with Gasteiger partial charge in [0.25, 0.3) is 11.8 Å². The smallest absolute Gasteiger partial charge is 0.272 e. The number of anilines is 2. The molecule has 0 aromatic carbocycles. The highest BCUT2D eigenvalue weighted by Crippen LogP contribution is 2.30. The van der Waals surface area contributed by atoms with Gasteiger partial charge in [-0.1, -0.05) is 6.07 Å². The number of rotatable bonds is 4. The average Bonchev–Trinajstić information content (AvgIpc) is 3.19. The van der Waals surface area contributed by atoms with E-state index < -0.39 is 11.7 Å². The Labute approximate surface area is 205 Å². The summed E-state index contributed by atoms with van der Waals surface area (Å²) >= 11 is 0. The number of nitrogens with zero attached hydrogens (tertiary/aromatic N) is 7. The lowest BCUT2D eigenvalue weighted by molar-refractivity contribution is 0.0658. The maximum absolute atomic E-state index is 13.5. The van der Waals surface area contributed by atoms with Gasteiger partial charge in [0.1, 0.15) is 11.3 Å². The molecule has 0 spiro atoms. The van der Waals surface area contributed by atoms with Gasteiger partial charge in [-0.25, -0.2) is 18.9 Å². The average molecular weight is 490 g/mol. The number of carbonyl (C=O) groups excluding carboxylic acids is 2. The van der Waals surface area contributed by atoms with Gasteiger partial charge in [0, 0.05) is 49.2 Å². The Morgan fingerprint density at radius 2 is 1.86 bits per heavy atom. The van der Waals surface area contributed by atoms with Crippen molar-refractivity contribution < 1.29 is 14.0 Å². The molecule has 0 atom stereocenters. The zero-order chi connectivity index (χ0) is 25.4. The normalized spacial score (nSPS) is 14.2. The fourth-order valence-corrected chi connectivity index (χ4v) is 4.20. The first-order chi connectivity index (χ1) is 17.3. The number of piperazine rings is 1. The van der Waals surface area contributed by atoms with Crippen LogP contribution in [0.5, 0.6) is 0 Å². The Bertz CT molecular complexity index is 1480. The summed E-state index contributed by atoms with van der Waals surface area (Å²) in [6, 6.07) is 5.25. The largest absolute Gasteiger partial charge is 0.381 e. The van der Waals surface area contributed by atoms with Crippen molar-refractivity contribution in [3.63, 3.8) is 0 Å². The van der Waals surface area contributed by atoms with Crippen LogP contribution in [0, 0.1) is 12.7 Å². The quantitative estimate of drug-likeness (QED) is 0.444.